The van der Waals surface area contributed by atoms with E-state index in [0.29, 0.717) is 12.1 Å². The zero-order valence-electron chi connectivity index (χ0n) is 7.30. The Hall–Kier alpha value is -1.03. The van der Waals surface area contributed by atoms with Crippen LogP contribution in [0.4, 0.5) is 11.4 Å². The Morgan fingerprint density at radius 3 is 2.85 bits per heavy atom. The van der Waals surface area contributed by atoms with Crippen molar-refractivity contribution in [2.45, 2.75) is 13.3 Å². The smallest absolute Gasteiger partial charge is 0.224 e. The van der Waals surface area contributed by atoms with E-state index in [1.165, 1.54) is 0 Å². The Morgan fingerprint density at radius 2 is 2.31 bits per heavy atom. The van der Waals surface area contributed by atoms with Gasteiger partial charge in [-0.05, 0) is 34.1 Å². The Labute approximate surface area is 85.4 Å². The van der Waals surface area contributed by atoms with E-state index in [-0.39, 0.29) is 5.91 Å². The maximum absolute atomic E-state index is 11.0. The first-order valence-electron chi connectivity index (χ1n) is 3.98. The SMILES string of the molecule is CCC(=O)Nc1ccc(N)c(Br)c1. The van der Waals surface area contributed by atoms with Gasteiger partial charge < -0.3 is 11.1 Å². The summed E-state index contributed by atoms with van der Waals surface area (Å²) in [6.45, 7) is 1.81. The number of carbonyl (C=O) groups is 1. The number of hydrogen-bond acceptors (Lipinski definition) is 2. The Morgan fingerprint density at radius 1 is 1.62 bits per heavy atom. The van der Waals surface area contributed by atoms with Crippen LogP contribution in [-0.4, -0.2) is 5.91 Å². The maximum atomic E-state index is 11.0. The van der Waals surface area contributed by atoms with Crippen molar-refractivity contribution in [1.29, 1.82) is 0 Å². The number of hydrogen-bond donors (Lipinski definition) is 2. The third kappa shape index (κ3) is 2.73. The number of anilines is 2. The van der Waals surface area contributed by atoms with Gasteiger partial charge in [-0.2, -0.15) is 0 Å². The highest BCUT2D eigenvalue weighted by molar-refractivity contribution is 9.10. The van der Waals surface area contributed by atoms with E-state index in [1.807, 2.05) is 6.92 Å². The normalized spacial score (nSPS) is 9.69. The molecule has 13 heavy (non-hydrogen) atoms. The lowest BCUT2D eigenvalue weighted by atomic mass is 10.3. The summed E-state index contributed by atoms with van der Waals surface area (Å²) in [5, 5.41) is 2.74. The van der Waals surface area contributed by atoms with Gasteiger partial charge in [0.2, 0.25) is 5.91 Å². The molecule has 3 N–H and O–H groups in total. The fourth-order valence-corrected chi connectivity index (χ4v) is 1.23. The van der Waals surface area contributed by atoms with Gasteiger partial charge in [0.1, 0.15) is 0 Å². The number of carbonyl (C=O) groups excluding carboxylic acids is 1. The first-order chi connectivity index (χ1) is 6.13. The number of amides is 1. The molecule has 0 aliphatic rings. The summed E-state index contributed by atoms with van der Waals surface area (Å²) >= 11 is 3.28. The summed E-state index contributed by atoms with van der Waals surface area (Å²) < 4.78 is 0.793. The molecule has 0 aromatic heterocycles. The molecule has 0 aliphatic heterocycles. The number of nitrogen functional groups attached to an aromatic ring is 1. The van der Waals surface area contributed by atoms with E-state index in [2.05, 4.69) is 21.2 Å². The van der Waals surface area contributed by atoms with Gasteiger partial charge >= 0.3 is 0 Å². The van der Waals surface area contributed by atoms with E-state index in [9.17, 15) is 4.79 Å². The molecule has 0 aliphatic carbocycles. The second-order valence-electron chi connectivity index (χ2n) is 2.64. The van der Waals surface area contributed by atoms with Gasteiger partial charge in [-0.3, -0.25) is 4.79 Å². The van der Waals surface area contributed by atoms with Crippen LogP contribution in [0.1, 0.15) is 13.3 Å². The molecule has 0 atom stereocenters. The van der Waals surface area contributed by atoms with Crippen molar-refractivity contribution in [2.24, 2.45) is 0 Å². The van der Waals surface area contributed by atoms with Crippen molar-refractivity contribution < 1.29 is 4.79 Å². The molecule has 0 unspecified atom stereocenters. The fourth-order valence-electron chi connectivity index (χ4n) is 0.854. The van der Waals surface area contributed by atoms with Crippen LogP contribution >= 0.6 is 15.9 Å². The van der Waals surface area contributed by atoms with Crippen molar-refractivity contribution in [3.05, 3.63) is 22.7 Å². The number of benzene rings is 1. The minimum Gasteiger partial charge on any atom is -0.398 e. The Balaban J connectivity index is 2.79. The maximum Gasteiger partial charge on any atom is 0.224 e. The zero-order chi connectivity index (χ0) is 9.84. The number of nitrogens with one attached hydrogen (secondary N) is 1. The molecule has 1 rings (SSSR count). The van der Waals surface area contributed by atoms with E-state index >= 15 is 0 Å². The molecule has 1 aromatic carbocycles. The average Bonchev–Trinajstić information content (AvgIpc) is 2.11. The average molecular weight is 243 g/mol. The summed E-state index contributed by atoms with van der Waals surface area (Å²) in [4.78, 5) is 11.0. The molecule has 0 bridgehead atoms. The molecule has 0 spiro atoms. The minimum absolute atomic E-state index is 0.00308. The number of rotatable bonds is 2. The van der Waals surface area contributed by atoms with Gasteiger partial charge in [0, 0.05) is 22.3 Å². The van der Waals surface area contributed by atoms with Crippen molar-refractivity contribution >= 4 is 33.2 Å². The van der Waals surface area contributed by atoms with Gasteiger partial charge in [-0.25, -0.2) is 0 Å². The summed E-state index contributed by atoms with van der Waals surface area (Å²) in [6, 6.07) is 5.30. The molecule has 0 radical (unpaired) electrons. The molecule has 1 amide bonds. The van der Waals surface area contributed by atoms with Crippen LogP contribution in [-0.2, 0) is 4.79 Å². The summed E-state index contributed by atoms with van der Waals surface area (Å²) in [5.74, 6) is -0.00308. The third-order valence-electron chi connectivity index (χ3n) is 1.61. The lowest BCUT2D eigenvalue weighted by molar-refractivity contribution is -0.115. The van der Waals surface area contributed by atoms with Crippen LogP contribution in [0.5, 0.6) is 0 Å². The fraction of sp³-hybridized carbons (Fsp3) is 0.222. The van der Waals surface area contributed by atoms with Gasteiger partial charge in [-0.1, -0.05) is 6.92 Å². The molecular weight excluding hydrogens is 232 g/mol. The Kier molecular flexibility index (Phi) is 3.31. The number of nitrogens with two attached hydrogens (primary N) is 1. The van der Waals surface area contributed by atoms with Gasteiger partial charge in [0.05, 0.1) is 0 Å². The standard InChI is InChI=1S/C9H11BrN2O/c1-2-9(13)12-6-3-4-8(11)7(10)5-6/h3-5H,2,11H2,1H3,(H,12,13). The van der Waals surface area contributed by atoms with Gasteiger partial charge in [0.15, 0.2) is 0 Å². The molecule has 70 valence electrons. The molecule has 1 aromatic rings. The Bertz CT molecular complexity index is 325. The molecule has 3 nitrogen and oxygen atoms in total. The minimum atomic E-state index is -0.00308. The third-order valence-corrected chi connectivity index (χ3v) is 2.29. The van der Waals surface area contributed by atoms with Gasteiger partial charge in [0.25, 0.3) is 0 Å². The highest BCUT2D eigenvalue weighted by atomic mass is 79.9. The van der Waals surface area contributed by atoms with E-state index in [1.54, 1.807) is 18.2 Å². The zero-order valence-corrected chi connectivity index (χ0v) is 8.89. The quantitative estimate of drug-likeness (QED) is 0.783. The van der Waals surface area contributed by atoms with E-state index in [4.69, 9.17) is 5.73 Å². The van der Waals surface area contributed by atoms with E-state index < -0.39 is 0 Å². The van der Waals surface area contributed by atoms with Crippen molar-refractivity contribution in [3.63, 3.8) is 0 Å². The molecule has 0 fully saturated rings. The molecule has 0 heterocycles. The lowest BCUT2D eigenvalue weighted by Crippen LogP contribution is -2.09. The van der Waals surface area contributed by atoms with Crippen LogP contribution in [0.25, 0.3) is 0 Å². The predicted octanol–water partition coefficient (Wildman–Crippen LogP) is 2.38. The summed E-state index contributed by atoms with van der Waals surface area (Å²) in [6.07, 6.45) is 0.474. The van der Waals surface area contributed by atoms with Crippen molar-refractivity contribution in [1.82, 2.24) is 0 Å². The van der Waals surface area contributed by atoms with Crippen LogP contribution in [0.15, 0.2) is 22.7 Å². The highest BCUT2D eigenvalue weighted by Crippen LogP contribution is 2.23. The lowest BCUT2D eigenvalue weighted by Gasteiger charge is -2.04. The van der Waals surface area contributed by atoms with Crippen molar-refractivity contribution in [3.8, 4) is 0 Å². The monoisotopic (exact) mass is 242 g/mol. The van der Waals surface area contributed by atoms with Crippen LogP contribution in [0.3, 0.4) is 0 Å². The first-order valence-corrected chi connectivity index (χ1v) is 4.77. The van der Waals surface area contributed by atoms with Gasteiger partial charge in [-0.15, -0.1) is 0 Å². The second-order valence-corrected chi connectivity index (χ2v) is 3.49. The second kappa shape index (κ2) is 4.28. The first kappa shape index (κ1) is 10.1. The summed E-state index contributed by atoms with van der Waals surface area (Å²) in [7, 11) is 0. The number of halogens is 1. The highest BCUT2D eigenvalue weighted by Gasteiger charge is 2.00. The predicted molar refractivity (Wildman–Crippen MR) is 57.5 cm³/mol. The molecule has 0 saturated heterocycles. The summed E-state index contributed by atoms with van der Waals surface area (Å²) in [5.41, 5.74) is 7.01. The van der Waals surface area contributed by atoms with Crippen LogP contribution < -0.4 is 11.1 Å². The molecule has 4 heteroatoms. The largest absolute Gasteiger partial charge is 0.398 e. The van der Waals surface area contributed by atoms with E-state index in [0.717, 1.165) is 10.2 Å². The topological polar surface area (TPSA) is 55.1 Å². The molecule has 0 saturated carbocycles. The van der Waals surface area contributed by atoms with Crippen molar-refractivity contribution in [2.75, 3.05) is 11.1 Å². The van der Waals surface area contributed by atoms with Crippen LogP contribution in [0, 0.1) is 0 Å². The molecular formula is C9H11BrN2O. The van der Waals surface area contributed by atoms with Crippen LogP contribution in [0.2, 0.25) is 0 Å².